The molecular weight excluding hydrogens is 176 g/mol. The Morgan fingerprint density at radius 3 is 2.79 bits per heavy atom. The number of nitrogens with zero attached hydrogens (tertiary/aromatic N) is 2. The van der Waals surface area contributed by atoms with Crippen molar-refractivity contribution in [2.75, 3.05) is 0 Å². The number of unbranched alkanes of at least 4 members (excludes halogenated alkanes) is 3. The molecule has 1 rings (SSSR count). The zero-order valence-electron chi connectivity index (χ0n) is 8.99. The van der Waals surface area contributed by atoms with Gasteiger partial charge in [-0.2, -0.15) is 5.10 Å². The number of hydrogen-bond donors (Lipinski definition) is 0. The summed E-state index contributed by atoms with van der Waals surface area (Å²) in [4.78, 5) is 11.6. The molecule has 0 unspecified atom stereocenters. The fourth-order valence-corrected chi connectivity index (χ4v) is 1.49. The third-order valence-electron chi connectivity index (χ3n) is 2.36. The van der Waals surface area contributed by atoms with Crippen molar-refractivity contribution in [2.24, 2.45) is 7.05 Å². The minimum atomic E-state index is 0.209. The van der Waals surface area contributed by atoms with Gasteiger partial charge in [0.1, 0.15) is 5.69 Å². The fourth-order valence-electron chi connectivity index (χ4n) is 1.49. The molecule has 0 atom stereocenters. The maximum atomic E-state index is 11.6. The summed E-state index contributed by atoms with van der Waals surface area (Å²) < 4.78 is 1.64. The fraction of sp³-hybridized carbons (Fsp3) is 0.636. The minimum absolute atomic E-state index is 0.209. The van der Waals surface area contributed by atoms with Crippen molar-refractivity contribution < 1.29 is 4.79 Å². The summed E-state index contributed by atoms with van der Waals surface area (Å²) >= 11 is 0. The monoisotopic (exact) mass is 194 g/mol. The largest absolute Gasteiger partial charge is 0.292 e. The molecule has 1 aromatic rings. The van der Waals surface area contributed by atoms with Gasteiger partial charge in [0.15, 0.2) is 5.78 Å². The lowest BCUT2D eigenvalue weighted by Gasteiger charge is -2.00. The summed E-state index contributed by atoms with van der Waals surface area (Å²) in [6.07, 6.45) is 6.90. The predicted octanol–water partition coefficient (Wildman–Crippen LogP) is 2.57. The van der Waals surface area contributed by atoms with E-state index in [1.54, 1.807) is 24.0 Å². The smallest absolute Gasteiger partial charge is 0.180 e. The molecule has 14 heavy (non-hydrogen) atoms. The van der Waals surface area contributed by atoms with Gasteiger partial charge in [0.2, 0.25) is 0 Å². The zero-order valence-corrected chi connectivity index (χ0v) is 8.99. The Labute approximate surface area is 85.1 Å². The molecule has 0 aromatic carbocycles. The third-order valence-corrected chi connectivity index (χ3v) is 2.36. The normalized spacial score (nSPS) is 10.4. The molecule has 0 fully saturated rings. The van der Waals surface area contributed by atoms with Crippen LogP contribution >= 0.6 is 0 Å². The van der Waals surface area contributed by atoms with Gasteiger partial charge in [0.25, 0.3) is 0 Å². The molecule has 0 aliphatic carbocycles. The van der Waals surface area contributed by atoms with Gasteiger partial charge in [-0.15, -0.1) is 0 Å². The Balaban J connectivity index is 2.32. The summed E-state index contributed by atoms with van der Waals surface area (Å²) in [5.41, 5.74) is 0.724. The molecule has 0 aliphatic rings. The molecule has 0 aliphatic heterocycles. The summed E-state index contributed by atoms with van der Waals surface area (Å²) in [6.45, 7) is 2.17. The first-order valence-electron chi connectivity index (χ1n) is 5.27. The standard InChI is InChI=1S/C11H18N2O/c1-3-4-5-6-7-11(14)10-8-9-12-13(10)2/h8-9H,3-7H2,1-2H3. The Hall–Kier alpha value is -1.12. The van der Waals surface area contributed by atoms with Crippen LogP contribution in [0.4, 0.5) is 0 Å². The number of carbonyl (C=O) groups excluding carboxylic acids is 1. The highest BCUT2D eigenvalue weighted by Crippen LogP contribution is 2.07. The zero-order chi connectivity index (χ0) is 10.4. The van der Waals surface area contributed by atoms with Crippen LogP contribution in [-0.4, -0.2) is 15.6 Å². The predicted molar refractivity (Wildman–Crippen MR) is 56.3 cm³/mol. The van der Waals surface area contributed by atoms with Crippen molar-refractivity contribution >= 4 is 5.78 Å². The molecule has 3 nitrogen and oxygen atoms in total. The lowest BCUT2D eigenvalue weighted by Crippen LogP contribution is -2.06. The number of hydrogen-bond acceptors (Lipinski definition) is 2. The number of aryl methyl sites for hydroxylation is 1. The molecule has 0 saturated heterocycles. The first kappa shape index (κ1) is 11.0. The van der Waals surface area contributed by atoms with E-state index < -0.39 is 0 Å². The van der Waals surface area contributed by atoms with Crippen molar-refractivity contribution in [1.82, 2.24) is 9.78 Å². The molecule has 0 saturated carbocycles. The topological polar surface area (TPSA) is 34.9 Å². The molecular formula is C11H18N2O. The van der Waals surface area contributed by atoms with Gasteiger partial charge in [0, 0.05) is 19.7 Å². The second-order valence-electron chi connectivity index (χ2n) is 3.57. The second-order valence-corrected chi connectivity index (χ2v) is 3.57. The van der Waals surface area contributed by atoms with E-state index in [1.165, 1.54) is 12.8 Å². The lowest BCUT2D eigenvalue weighted by atomic mass is 10.1. The van der Waals surface area contributed by atoms with E-state index in [2.05, 4.69) is 12.0 Å². The molecule has 0 bridgehead atoms. The van der Waals surface area contributed by atoms with Crippen molar-refractivity contribution in [3.05, 3.63) is 18.0 Å². The molecule has 0 N–H and O–H groups in total. The Morgan fingerprint density at radius 1 is 1.43 bits per heavy atom. The van der Waals surface area contributed by atoms with Crippen molar-refractivity contribution in [1.29, 1.82) is 0 Å². The van der Waals surface area contributed by atoms with Crippen LogP contribution in [0.25, 0.3) is 0 Å². The highest BCUT2D eigenvalue weighted by molar-refractivity contribution is 5.94. The Bertz CT molecular complexity index is 291. The average Bonchev–Trinajstić information content (AvgIpc) is 2.59. The number of rotatable bonds is 6. The maximum absolute atomic E-state index is 11.6. The Kier molecular flexibility index (Phi) is 4.36. The van der Waals surface area contributed by atoms with E-state index in [-0.39, 0.29) is 5.78 Å². The van der Waals surface area contributed by atoms with Crippen LogP contribution in [-0.2, 0) is 7.05 Å². The van der Waals surface area contributed by atoms with Crippen LogP contribution < -0.4 is 0 Å². The first-order chi connectivity index (χ1) is 6.75. The number of Topliss-reactive ketones (excluding diaryl/α,β-unsaturated/α-hetero) is 1. The second kappa shape index (κ2) is 5.58. The van der Waals surface area contributed by atoms with Crippen molar-refractivity contribution in [3.8, 4) is 0 Å². The molecule has 1 heterocycles. The van der Waals surface area contributed by atoms with E-state index in [0.29, 0.717) is 6.42 Å². The first-order valence-corrected chi connectivity index (χ1v) is 5.27. The van der Waals surface area contributed by atoms with E-state index in [0.717, 1.165) is 18.5 Å². The van der Waals surface area contributed by atoms with Crippen LogP contribution in [0, 0.1) is 0 Å². The van der Waals surface area contributed by atoms with Gasteiger partial charge in [-0.25, -0.2) is 0 Å². The highest BCUT2D eigenvalue weighted by atomic mass is 16.1. The minimum Gasteiger partial charge on any atom is -0.292 e. The van der Waals surface area contributed by atoms with Crippen LogP contribution in [0.3, 0.4) is 0 Å². The molecule has 0 radical (unpaired) electrons. The number of carbonyl (C=O) groups is 1. The Morgan fingerprint density at radius 2 is 2.21 bits per heavy atom. The van der Waals surface area contributed by atoms with Crippen LogP contribution in [0.15, 0.2) is 12.3 Å². The van der Waals surface area contributed by atoms with E-state index in [4.69, 9.17) is 0 Å². The maximum Gasteiger partial charge on any atom is 0.180 e. The van der Waals surface area contributed by atoms with Crippen LogP contribution in [0.1, 0.15) is 49.5 Å². The van der Waals surface area contributed by atoms with Crippen LogP contribution in [0.2, 0.25) is 0 Å². The van der Waals surface area contributed by atoms with Crippen LogP contribution in [0.5, 0.6) is 0 Å². The number of ketones is 1. The van der Waals surface area contributed by atoms with E-state index in [1.807, 2.05) is 0 Å². The summed E-state index contributed by atoms with van der Waals surface area (Å²) in [5, 5.41) is 3.98. The van der Waals surface area contributed by atoms with Gasteiger partial charge in [0.05, 0.1) is 0 Å². The van der Waals surface area contributed by atoms with Gasteiger partial charge >= 0.3 is 0 Å². The van der Waals surface area contributed by atoms with E-state index >= 15 is 0 Å². The van der Waals surface area contributed by atoms with Gasteiger partial charge in [-0.3, -0.25) is 9.48 Å². The molecule has 3 heteroatoms. The van der Waals surface area contributed by atoms with Crippen molar-refractivity contribution in [3.63, 3.8) is 0 Å². The molecule has 0 spiro atoms. The summed E-state index contributed by atoms with van der Waals surface area (Å²) in [7, 11) is 1.80. The van der Waals surface area contributed by atoms with Gasteiger partial charge in [-0.1, -0.05) is 26.2 Å². The number of aromatic nitrogens is 2. The van der Waals surface area contributed by atoms with Crippen molar-refractivity contribution in [2.45, 2.75) is 39.0 Å². The molecule has 0 amide bonds. The quantitative estimate of drug-likeness (QED) is 0.515. The molecule has 1 aromatic heterocycles. The lowest BCUT2D eigenvalue weighted by molar-refractivity contribution is 0.0970. The third kappa shape index (κ3) is 2.98. The summed E-state index contributed by atoms with van der Waals surface area (Å²) in [6, 6.07) is 1.78. The summed E-state index contributed by atoms with van der Waals surface area (Å²) in [5.74, 6) is 0.209. The van der Waals surface area contributed by atoms with E-state index in [9.17, 15) is 4.79 Å². The molecule has 78 valence electrons. The van der Waals surface area contributed by atoms with Gasteiger partial charge < -0.3 is 0 Å². The SMILES string of the molecule is CCCCCCC(=O)c1ccnn1C. The highest BCUT2D eigenvalue weighted by Gasteiger charge is 2.08. The van der Waals surface area contributed by atoms with Gasteiger partial charge in [-0.05, 0) is 12.5 Å². The average molecular weight is 194 g/mol.